The summed E-state index contributed by atoms with van der Waals surface area (Å²) in [5.74, 6) is -0.719. The summed E-state index contributed by atoms with van der Waals surface area (Å²) < 4.78 is 32.4. The molecule has 0 bridgehead atoms. The van der Waals surface area contributed by atoms with Crippen molar-refractivity contribution >= 4 is 76.8 Å². The van der Waals surface area contributed by atoms with Crippen LogP contribution in [0.4, 0.5) is 4.39 Å². The highest BCUT2D eigenvalue weighted by Gasteiger charge is 2.21. The number of pyridine rings is 1. The lowest BCUT2D eigenvalue weighted by Gasteiger charge is -2.09. The molecular formula is C33H21FN4O2. The van der Waals surface area contributed by atoms with Crippen molar-refractivity contribution in [1.82, 2.24) is 14.1 Å². The van der Waals surface area contributed by atoms with Crippen molar-refractivity contribution in [2.45, 2.75) is 6.92 Å². The van der Waals surface area contributed by atoms with Crippen LogP contribution in [0.5, 0.6) is 0 Å². The fourth-order valence-electron chi connectivity index (χ4n) is 6.25. The summed E-state index contributed by atoms with van der Waals surface area (Å²) in [6.45, 7) is 1.51. The molecule has 8 rings (SSSR count). The number of hydrogen-bond donors (Lipinski definition) is 0. The molecule has 8 aromatic rings. The number of hydrogen-bond acceptors (Lipinski definition) is 4. The van der Waals surface area contributed by atoms with Crippen LogP contribution >= 0.6 is 0 Å². The molecule has 0 amide bonds. The molecule has 0 aliphatic heterocycles. The second-order valence-corrected chi connectivity index (χ2v) is 10.2. The molecule has 0 aliphatic rings. The standard InChI is InChI=1S/C33H21FN4O2/c1-17-31(34)20(16-35)32-33(36-17)40-26-15-13-24-28(19-9-5-7-11-22(19)38(24)3)30(26)29-25(39-32)14-12-23-27(29)18-8-4-6-10-21(18)37(23)2/h4-15H,1-3H3. The fourth-order valence-corrected chi connectivity index (χ4v) is 6.25. The number of halogens is 1. The molecule has 40 heavy (non-hydrogen) atoms. The first-order valence-electron chi connectivity index (χ1n) is 12.9. The molecule has 7 heteroatoms. The van der Waals surface area contributed by atoms with Gasteiger partial charge in [-0.3, -0.25) is 0 Å². The second-order valence-electron chi connectivity index (χ2n) is 10.2. The number of fused-ring (bicyclic) bond motifs is 12. The molecule has 4 aromatic heterocycles. The van der Waals surface area contributed by atoms with E-state index in [0.717, 1.165) is 54.4 Å². The monoisotopic (exact) mass is 524 g/mol. The van der Waals surface area contributed by atoms with E-state index < -0.39 is 5.82 Å². The molecule has 0 atom stereocenters. The van der Waals surface area contributed by atoms with Crippen LogP contribution in [0.3, 0.4) is 0 Å². The summed E-state index contributed by atoms with van der Waals surface area (Å²) in [6.07, 6.45) is 0. The van der Waals surface area contributed by atoms with E-state index in [1.807, 2.05) is 61.6 Å². The molecule has 0 radical (unpaired) electrons. The van der Waals surface area contributed by atoms with Crippen LogP contribution < -0.4 is 0 Å². The Morgan fingerprint density at radius 2 is 1.23 bits per heavy atom. The number of rotatable bonds is 0. The first-order chi connectivity index (χ1) is 19.5. The Morgan fingerprint density at radius 3 is 1.77 bits per heavy atom. The molecule has 0 aliphatic carbocycles. The van der Waals surface area contributed by atoms with Crippen LogP contribution in [0, 0.1) is 24.1 Å². The van der Waals surface area contributed by atoms with Gasteiger partial charge in [0.05, 0.1) is 5.69 Å². The van der Waals surface area contributed by atoms with Gasteiger partial charge in [-0.15, -0.1) is 0 Å². The average Bonchev–Trinajstić information content (AvgIpc) is 3.42. The van der Waals surface area contributed by atoms with Gasteiger partial charge in [0.15, 0.2) is 5.82 Å². The summed E-state index contributed by atoms with van der Waals surface area (Å²) in [6, 6.07) is 26.3. The predicted octanol–water partition coefficient (Wildman–Crippen LogP) is 8.46. The van der Waals surface area contributed by atoms with Crippen molar-refractivity contribution in [1.29, 1.82) is 5.26 Å². The highest BCUT2D eigenvalue weighted by molar-refractivity contribution is 6.33. The molecule has 0 saturated carbocycles. The smallest absolute Gasteiger partial charge is 0.265 e. The molecule has 6 nitrogen and oxygen atoms in total. The van der Waals surface area contributed by atoms with E-state index in [1.54, 1.807) is 0 Å². The molecule has 4 heterocycles. The number of benzene rings is 4. The van der Waals surface area contributed by atoms with Crippen molar-refractivity contribution in [3.63, 3.8) is 0 Å². The summed E-state index contributed by atoms with van der Waals surface area (Å²) in [5, 5.41) is 15.7. The zero-order valence-electron chi connectivity index (χ0n) is 21.9. The van der Waals surface area contributed by atoms with Crippen molar-refractivity contribution < 1.29 is 13.2 Å². The topological polar surface area (TPSA) is 72.8 Å². The first kappa shape index (κ1) is 22.6. The van der Waals surface area contributed by atoms with E-state index in [4.69, 9.17) is 8.83 Å². The summed E-state index contributed by atoms with van der Waals surface area (Å²) in [7, 11) is 4.10. The van der Waals surface area contributed by atoms with Gasteiger partial charge in [-0.2, -0.15) is 5.26 Å². The zero-order valence-corrected chi connectivity index (χ0v) is 21.9. The third-order valence-electron chi connectivity index (χ3n) is 8.09. The third-order valence-corrected chi connectivity index (χ3v) is 8.09. The van der Waals surface area contributed by atoms with Crippen molar-refractivity contribution in [2.24, 2.45) is 14.1 Å². The lowest BCUT2D eigenvalue weighted by Crippen LogP contribution is -1.95. The largest absolute Gasteiger partial charge is 0.449 e. The van der Waals surface area contributed by atoms with Crippen LogP contribution in [0.2, 0.25) is 0 Å². The van der Waals surface area contributed by atoms with Crippen molar-refractivity contribution in [2.75, 3.05) is 0 Å². The molecular weight excluding hydrogens is 503 g/mol. The van der Waals surface area contributed by atoms with E-state index in [0.29, 0.717) is 11.2 Å². The SMILES string of the molecule is Cc1nc2oc3ccc4c(c5ccccc5n4C)c3c3c(ccc4c3c3ccccc3n4C)oc2c(C#N)c1F. The number of para-hydroxylation sites is 2. The van der Waals surface area contributed by atoms with E-state index in [1.165, 1.54) is 6.92 Å². The number of aryl methyl sites for hydroxylation is 3. The number of aromatic nitrogens is 3. The molecule has 4 aromatic carbocycles. The lowest BCUT2D eigenvalue weighted by molar-refractivity contribution is 0.572. The summed E-state index contributed by atoms with van der Waals surface area (Å²) >= 11 is 0. The van der Waals surface area contributed by atoms with Gasteiger partial charge < -0.3 is 18.0 Å². The van der Waals surface area contributed by atoms with Crippen molar-refractivity contribution in [3.8, 4) is 6.07 Å². The molecule has 192 valence electrons. The van der Waals surface area contributed by atoms with Gasteiger partial charge in [0.1, 0.15) is 22.8 Å². The molecule has 0 spiro atoms. The Labute approximate surface area is 226 Å². The highest BCUT2D eigenvalue weighted by Crippen LogP contribution is 2.43. The third kappa shape index (κ3) is 2.77. The Bertz CT molecular complexity index is 2500. The Balaban J connectivity index is 1.81. The zero-order chi connectivity index (χ0) is 27.3. The predicted molar refractivity (Wildman–Crippen MR) is 156 cm³/mol. The average molecular weight is 525 g/mol. The first-order valence-corrected chi connectivity index (χ1v) is 12.9. The van der Waals surface area contributed by atoms with Crippen molar-refractivity contribution in [3.05, 3.63) is 89.9 Å². The lowest BCUT2D eigenvalue weighted by atomic mass is 10.00. The minimum absolute atomic E-state index is 0.0323. The van der Waals surface area contributed by atoms with Gasteiger partial charge in [-0.05, 0) is 43.3 Å². The quantitative estimate of drug-likeness (QED) is 0.199. The second kappa shape index (κ2) is 7.84. The van der Waals surface area contributed by atoms with Gasteiger partial charge in [0.2, 0.25) is 5.58 Å². The maximum atomic E-state index is 15.1. The van der Waals surface area contributed by atoms with E-state index in [9.17, 15) is 5.26 Å². The molecule has 0 unspecified atom stereocenters. The van der Waals surface area contributed by atoms with E-state index in [2.05, 4.69) is 45.4 Å². The Morgan fingerprint density at radius 1 is 0.700 bits per heavy atom. The molecule has 0 fully saturated rings. The van der Waals surface area contributed by atoms with Crippen LogP contribution in [0.15, 0.2) is 81.6 Å². The fraction of sp³-hybridized carbons (Fsp3) is 0.0909. The minimum atomic E-state index is -0.719. The maximum absolute atomic E-state index is 15.1. The van der Waals surface area contributed by atoms with Crippen LogP contribution in [0.1, 0.15) is 11.3 Å². The summed E-state index contributed by atoms with van der Waals surface area (Å²) in [4.78, 5) is 4.38. The van der Waals surface area contributed by atoms with Gasteiger partial charge in [0.25, 0.3) is 5.71 Å². The normalized spacial score (nSPS) is 12.0. The summed E-state index contributed by atoms with van der Waals surface area (Å²) in [5.41, 5.74) is 5.11. The van der Waals surface area contributed by atoms with E-state index >= 15 is 4.39 Å². The maximum Gasteiger partial charge on any atom is 0.265 e. The van der Waals surface area contributed by atoms with Crippen LogP contribution in [-0.2, 0) is 14.1 Å². The number of nitrogens with zero attached hydrogens (tertiary/aromatic N) is 4. The van der Waals surface area contributed by atoms with Gasteiger partial charge in [-0.1, -0.05) is 36.4 Å². The van der Waals surface area contributed by atoms with Gasteiger partial charge in [0, 0.05) is 68.5 Å². The molecule has 0 saturated heterocycles. The highest BCUT2D eigenvalue weighted by atomic mass is 19.1. The minimum Gasteiger partial charge on any atom is -0.449 e. The molecule has 0 N–H and O–H groups in total. The van der Waals surface area contributed by atoms with Crippen LogP contribution in [-0.4, -0.2) is 14.1 Å². The van der Waals surface area contributed by atoms with Gasteiger partial charge >= 0.3 is 0 Å². The number of nitriles is 1. The van der Waals surface area contributed by atoms with Gasteiger partial charge in [-0.25, -0.2) is 9.37 Å². The Hall–Kier alpha value is -5.35. The Kier molecular flexibility index (Phi) is 4.43. The van der Waals surface area contributed by atoms with Crippen LogP contribution in [0.25, 0.3) is 76.8 Å². The van der Waals surface area contributed by atoms with E-state index in [-0.39, 0.29) is 22.6 Å².